The lowest BCUT2D eigenvalue weighted by molar-refractivity contribution is 0.686. The molecule has 3 N–H and O–H groups in total. The van der Waals surface area contributed by atoms with E-state index in [4.69, 9.17) is 11.6 Å². The summed E-state index contributed by atoms with van der Waals surface area (Å²) in [5.41, 5.74) is 2.20. The Labute approximate surface area is 160 Å². The Morgan fingerprint density at radius 2 is 2.12 bits per heavy atom. The Morgan fingerprint density at radius 3 is 2.80 bits per heavy atom. The number of aryl methyl sites for hydroxylation is 1. The lowest BCUT2D eigenvalue weighted by atomic mass is 10.1. The first-order valence-corrected chi connectivity index (χ1v) is 9.28. The second-order valence-electron chi connectivity index (χ2n) is 5.84. The van der Waals surface area contributed by atoms with Gasteiger partial charge >= 0.3 is 0 Å². The molecule has 6 nitrogen and oxygen atoms in total. The summed E-state index contributed by atoms with van der Waals surface area (Å²) in [5, 5.41) is 13.7. The predicted molar refractivity (Wildman–Crippen MR) is 107 cm³/mol. The Kier molecular flexibility index (Phi) is 5.44. The van der Waals surface area contributed by atoms with Gasteiger partial charge in [-0.3, -0.25) is 5.10 Å². The minimum absolute atomic E-state index is 0.0768. The summed E-state index contributed by atoms with van der Waals surface area (Å²) in [4.78, 5) is 8.92. The van der Waals surface area contributed by atoms with Gasteiger partial charge in [0.2, 0.25) is 5.96 Å². The minimum Gasteiger partial charge on any atom is -0.348 e. The Balaban J connectivity index is 1.74. The Morgan fingerprint density at radius 1 is 1.36 bits per heavy atom. The number of halogens is 2. The van der Waals surface area contributed by atoms with Gasteiger partial charge in [0.25, 0.3) is 0 Å². The maximum atomic E-state index is 6.48. The van der Waals surface area contributed by atoms with E-state index in [1.165, 1.54) is 0 Å². The molecule has 0 spiro atoms. The van der Waals surface area contributed by atoms with Crippen molar-refractivity contribution in [1.29, 1.82) is 0 Å². The summed E-state index contributed by atoms with van der Waals surface area (Å²) < 4.78 is -0.917. The second-order valence-corrected chi connectivity index (χ2v) is 8.24. The summed E-state index contributed by atoms with van der Waals surface area (Å²) in [7, 11) is 0. The van der Waals surface area contributed by atoms with Gasteiger partial charge in [0, 0.05) is 18.0 Å². The van der Waals surface area contributed by atoms with Crippen LogP contribution < -0.4 is 10.6 Å². The van der Waals surface area contributed by atoms with Gasteiger partial charge in [-0.1, -0.05) is 64.8 Å². The predicted octanol–water partition coefficient (Wildman–Crippen LogP) is 3.83. The first-order valence-electron chi connectivity index (χ1n) is 8.11. The van der Waals surface area contributed by atoms with Gasteiger partial charge in [-0.2, -0.15) is 5.10 Å². The minimum atomic E-state index is -0.917. The Bertz CT molecular complexity index is 770. The van der Waals surface area contributed by atoms with Crippen molar-refractivity contribution in [2.45, 2.75) is 36.3 Å². The molecular formula is C17H20BrClN6. The van der Waals surface area contributed by atoms with Gasteiger partial charge in [-0.25, -0.2) is 9.98 Å². The molecule has 3 rings (SSSR count). The van der Waals surface area contributed by atoms with Crippen LogP contribution in [0.2, 0.25) is 0 Å². The molecule has 1 aliphatic rings. The molecule has 0 fully saturated rings. The number of nitrogens with one attached hydrogen (secondary N) is 3. The standard InChI is InChI=1S/C17H20BrClN6/c1-3-13-9-14(25-24-13)22-15-17(18,19)10-20-16(23-15)21-11(2)12-7-5-4-6-8-12/h4-11,15H,3H2,1-2H3,(H,21,23)(H2,22,24,25). The van der Waals surface area contributed by atoms with Crippen LogP contribution in [0.1, 0.15) is 31.1 Å². The third-order valence-electron chi connectivity index (χ3n) is 3.92. The van der Waals surface area contributed by atoms with E-state index in [2.05, 4.69) is 72.7 Å². The third-order valence-corrected chi connectivity index (χ3v) is 4.86. The molecule has 0 radical (unpaired) electrons. The number of hydrogen-bond acceptors (Lipinski definition) is 5. The van der Waals surface area contributed by atoms with Crippen molar-refractivity contribution in [2.24, 2.45) is 9.98 Å². The summed E-state index contributed by atoms with van der Waals surface area (Å²) >= 11 is 9.94. The van der Waals surface area contributed by atoms with Crippen molar-refractivity contribution < 1.29 is 0 Å². The average molecular weight is 424 g/mol. The first-order chi connectivity index (χ1) is 12.0. The molecule has 2 aromatic rings. The highest BCUT2D eigenvalue weighted by atomic mass is 79.9. The molecule has 8 heteroatoms. The lowest BCUT2D eigenvalue weighted by Crippen LogP contribution is -2.43. The highest BCUT2D eigenvalue weighted by Gasteiger charge is 2.36. The molecule has 25 heavy (non-hydrogen) atoms. The van der Waals surface area contributed by atoms with E-state index in [1.807, 2.05) is 24.3 Å². The van der Waals surface area contributed by atoms with Gasteiger partial charge in [-0.15, -0.1) is 0 Å². The van der Waals surface area contributed by atoms with E-state index in [9.17, 15) is 0 Å². The molecule has 3 unspecified atom stereocenters. The third kappa shape index (κ3) is 4.41. The van der Waals surface area contributed by atoms with E-state index >= 15 is 0 Å². The van der Waals surface area contributed by atoms with Crippen LogP contribution in [0.5, 0.6) is 0 Å². The number of rotatable bonds is 5. The second kappa shape index (κ2) is 7.58. The van der Waals surface area contributed by atoms with Gasteiger partial charge in [0.15, 0.2) is 9.95 Å². The SMILES string of the molecule is CCc1cc(NC2N=C(NC(C)c3ccccc3)N=CC2(Cl)Br)n[nH]1. The van der Waals surface area contributed by atoms with Crippen LogP contribution in [-0.4, -0.2) is 32.3 Å². The molecule has 132 valence electrons. The molecular weight excluding hydrogens is 404 g/mol. The van der Waals surface area contributed by atoms with Crippen LogP contribution in [-0.2, 0) is 6.42 Å². The van der Waals surface area contributed by atoms with Gasteiger partial charge in [0.05, 0.1) is 6.04 Å². The summed E-state index contributed by atoms with van der Waals surface area (Å²) in [6.45, 7) is 4.12. The van der Waals surface area contributed by atoms with Gasteiger partial charge in [0.1, 0.15) is 5.82 Å². The zero-order chi connectivity index (χ0) is 17.9. The number of H-pyrrole nitrogens is 1. The maximum absolute atomic E-state index is 6.48. The fourth-order valence-electron chi connectivity index (χ4n) is 2.44. The first kappa shape index (κ1) is 17.9. The Hall–Kier alpha value is -1.86. The molecule has 1 aromatic carbocycles. The van der Waals surface area contributed by atoms with Crippen LogP contribution in [0.4, 0.5) is 5.82 Å². The fraction of sp³-hybridized carbons (Fsp3) is 0.353. The van der Waals surface area contributed by atoms with Crippen molar-refractivity contribution in [1.82, 2.24) is 15.5 Å². The molecule has 0 bridgehead atoms. The largest absolute Gasteiger partial charge is 0.348 e. The van der Waals surface area contributed by atoms with Crippen LogP contribution in [0.25, 0.3) is 0 Å². The zero-order valence-corrected chi connectivity index (χ0v) is 16.3. The number of benzene rings is 1. The molecule has 0 saturated carbocycles. The van der Waals surface area contributed by atoms with Crippen LogP contribution in [0, 0.1) is 0 Å². The van der Waals surface area contributed by atoms with Crippen LogP contribution in [0.15, 0.2) is 46.4 Å². The van der Waals surface area contributed by atoms with Crippen molar-refractivity contribution in [3.05, 3.63) is 47.7 Å². The highest BCUT2D eigenvalue weighted by molar-refractivity contribution is 9.10. The molecule has 0 saturated heterocycles. The van der Waals surface area contributed by atoms with E-state index < -0.39 is 9.95 Å². The molecule has 0 amide bonds. The van der Waals surface area contributed by atoms with Crippen molar-refractivity contribution in [2.75, 3.05) is 5.32 Å². The van der Waals surface area contributed by atoms with Crippen molar-refractivity contribution in [3.8, 4) is 0 Å². The smallest absolute Gasteiger partial charge is 0.220 e. The van der Waals surface area contributed by atoms with E-state index in [-0.39, 0.29) is 6.04 Å². The molecule has 1 aliphatic heterocycles. The summed E-state index contributed by atoms with van der Waals surface area (Å²) in [6.07, 6.45) is 2.06. The van der Waals surface area contributed by atoms with Crippen molar-refractivity contribution >= 4 is 45.5 Å². The number of hydrogen-bond donors (Lipinski definition) is 3. The number of guanidine groups is 1. The number of anilines is 1. The molecule has 1 aromatic heterocycles. The van der Waals surface area contributed by atoms with E-state index in [0.29, 0.717) is 11.8 Å². The summed E-state index contributed by atoms with van der Waals surface area (Å²) in [5.74, 6) is 1.22. The maximum Gasteiger partial charge on any atom is 0.220 e. The van der Waals surface area contributed by atoms with Crippen molar-refractivity contribution in [3.63, 3.8) is 0 Å². The monoisotopic (exact) mass is 422 g/mol. The number of nitrogens with zero attached hydrogens (tertiary/aromatic N) is 3. The summed E-state index contributed by atoms with van der Waals surface area (Å²) in [6, 6.07) is 12.2. The molecule has 2 heterocycles. The topological polar surface area (TPSA) is 77.5 Å². The van der Waals surface area contributed by atoms with Crippen LogP contribution in [0.3, 0.4) is 0 Å². The van der Waals surface area contributed by atoms with Gasteiger partial charge in [-0.05, 0) is 18.9 Å². The van der Waals surface area contributed by atoms with E-state index in [1.54, 1.807) is 6.21 Å². The zero-order valence-electron chi connectivity index (χ0n) is 14.0. The number of alkyl halides is 2. The fourth-order valence-corrected chi connectivity index (χ4v) is 2.91. The quantitative estimate of drug-likeness (QED) is 0.640. The molecule has 0 aliphatic carbocycles. The molecule has 3 atom stereocenters. The number of aliphatic imine (C=N–C) groups is 2. The number of aromatic nitrogens is 2. The van der Waals surface area contributed by atoms with E-state index in [0.717, 1.165) is 17.7 Å². The average Bonchev–Trinajstić information content (AvgIpc) is 3.06. The van der Waals surface area contributed by atoms with Crippen LogP contribution >= 0.6 is 27.5 Å². The normalized spacial score (nSPS) is 23.8. The highest BCUT2D eigenvalue weighted by Crippen LogP contribution is 2.31. The van der Waals surface area contributed by atoms with Gasteiger partial charge < -0.3 is 10.6 Å². The number of aromatic amines is 1. The lowest BCUT2D eigenvalue weighted by Gasteiger charge is -2.28.